The predicted molar refractivity (Wildman–Crippen MR) is 87.5 cm³/mol. The van der Waals surface area contributed by atoms with E-state index < -0.39 is 0 Å². The molecular weight excluding hydrogens is 285 g/mol. The summed E-state index contributed by atoms with van der Waals surface area (Å²) in [5.74, 6) is -0.362. The summed E-state index contributed by atoms with van der Waals surface area (Å²) in [6.45, 7) is 5.11. The van der Waals surface area contributed by atoms with Crippen LogP contribution in [-0.2, 0) is 12.8 Å². The lowest BCUT2D eigenvalue weighted by Crippen LogP contribution is -2.33. The van der Waals surface area contributed by atoms with Crippen LogP contribution < -0.4 is 5.32 Å². The van der Waals surface area contributed by atoms with Crippen molar-refractivity contribution in [1.82, 2.24) is 5.32 Å². The fraction of sp³-hybridized carbons (Fsp3) is 0.333. The Kier molecular flexibility index (Phi) is 5.77. The van der Waals surface area contributed by atoms with Crippen molar-refractivity contribution in [1.29, 1.82) is 0 Å². The highest BCUT2D eigenvalue weighted by Gasteiger charge is 2.11. The molecule has 0 aliphatic rings. The number of rotatable bonds is 6. The summed E-state index contributed by atoms with van der Waals surface area (Å²) in [4.78, 5) is 0. The average Bonchev–Trinajstić information content (AvgIpc) is 2.43. The lowest BCUT2D eigenvalue weighted by Gasteiger charge is -2.18. The Morgan fingerprint density at radius 1 is 1.10 bits per heavy atom. The number of benzene rings is 2. The van der Waals surface area contributed by atoms with Gasteiger partial charge in [-0.15, -0.1) is 0 Å². The molecule has 112 valence electrons. The second-order valence-electron chi connectivity index (χ2n) is 5.40. The van der Waals surface area contributed by atoms with E-state index in [1.807, 2.05) is 6.07 Å². The van der Waals surface area contributed by atoms with E-state index >= 15 is 0 Å². The van der Waals surface area contributed by atoms with Crippen molar-refractivity contribution in [2.45, 2.75) is 32.7 Å². The van der Waals surface area contributed by atoms with Crippen molar-refractivity contribution in [3.8, 4) is 0 Å². The fourth-order valence-electron chi connectivity index (χ4n) is 2.58. The smallest absolute Gasteiger partial charge is 0.141 e. The number of hydrogen-bond acceptors (Lipinski definition) is 1. The molecule has 0 aromatic heterocycles. The van der Waals surface area contributed by atoms with Crippen LogP contribution in [0.15, 0.2) is 42.5 Å². The summed E-state index contributed by atoms with van der Waals surface area (Å²) in [6, 6.07) is 13.8. The Hall–Kier alpha value is -1.38. The maximum Gasteiger partial charge on any atom is 0.141 e. The summed E-state index contributed by atoms with van der Waals surface area (Å²) in [7, 11) is 0. The number of hydrogen-bond donors (Lipinski definition) is 1. The third-order valence-electron chi connectivity index (χ3n) is 3.52. The minimum atomic E-state index is -0.362. The van der Waals surface area contributed by atoms with E-state index in [9.17, 15) is 4.39 Å². The molecule has 1 nitrogen and oxygen atoms in total. The maximum absolute atomic E-state index is 13.2. The van der Waals surface area contributed by atoms with Gasteiger partial charge in [0.05, 0.1) is 5.02 Å². The van der Waals surface area contributed by atoms with Gasteiger partial charge in [0, 0.05) is 6.04 Å². The van der Waals surface area contributed by atoms with E-state index in [0.717, 1.165) is 24.9 Å². The highest BCUT2D eigenvalue weighted by Crippen LogP contribution is 2.18. The van der Waals surface area contributed by atoms with Crippen LogP contribution in [0.1, 0.15) is 23.6 Å². The van der Waals surface area contributed by atoms with E-state index in [0.29, 0.717) is 6.04 Å². The largest absolute Gasteiger partial charge is 0.314 e. The van der Waals surface area contributed by atoms with E-state index in [1.54, 1.807) is 6.07 Å². The molecule has 1 N–H and O–H groups in total. The van der Waals surface area contributed by atoms with Crippen LogP contribution in [0.5, 0.6) is 0 Å². The highest BCUT2D eigenvalue weighted by molar-refractivity contribution is 6.30. The molecule has 2 rings (SSSR count). The molecule has 0 heterocycles. The zero-order valence-electron chi connectivity index (χ0n) is 12.5. The van der Waals surface area contributed by atoms with Gasteiger partial charge < -0.3 is 5.32 Å². The minimum Gasteiger partial charge on any atom is -0.314 e. The molecule has 0 aliphatic heterocycles. The van der Waals surface area contributed by atoms with Crippen molar-refractivity contribution in [3.63, 3.8) is 0 Å². The Balaban J connectivity index is 2.09. The molecule has 0 bridgehead atoms. The average molecular weight is 306 g/mol. The van der Waals surface area contributed by atoms with E-state index in [2.05, 4.69) is 43.4 Å². The highest BCUT2D eigenvalue weighted by atomic mass is 35.5. The molecule has 0 radical (unpaired) electrons. The molecule has 21 heavy (non-hydrogen) atoms. The zero-order chi connectivity index (χ0) is 15.2. The monoisotopic (exact) mass is 305 g/mol. The van der Waals surface area contributed by atoms with E-state index in [4.69, 9.17) is 11.6 Å². The Morgan fingerprint density at radius 2 is 1.81 bits per heavy atom. The van der Waals surface area contributed by atoms with Gasteiger partial charge >= 0.3 is 0 Å². The number of halogens is 2. The summed E-state index contributed by atoms with van der Waals surface area (Å²) >= 11 is 5.86. The van der Waals surface area contributed by atoms with Gasteiger partial charge in [-0.3, -0.25) is 0 Å². The Morgan fingerprint density at radius 3 is 2.43 bits per heavy atom. The van der Waals surface area contributed by atoms with Crippen molar-refractivity contribution < 1.29 is 4.39 Å². The summed E-state index contributed by atoms with van der Waals surface area (Å²) < 4.78 is 13.2. The molecule has 0 fully saturated rings. The number of likely N-dealkylation sites (N-methyl/N-ethyl adjacent to an activating group) is 1. The molecule has 1 atom stereocenters. The van der Waals surface area contributed by atoms with Gasteiger partial charge in [-0.1, -0.05) is 54.4 Å². The van der Waals surface area contributed by atoms with Crippen LogP contribution in [0, 0.1) is 12.7 Å². The van der Waals surface area contributed by atoms with Gasteiger partial charge in [-0.05, 0) is 49.6 Å². The standard InChI is InChI=1S/C18H21ClFN/c1-3-21-16(10-14-6-4-5-13(2)9-14)11-15-7-8-18(20)17(19)12-15/h4-9,12,16,21H,3,10-11H2,1-2H3. The molecule has 0 amide bonds. The molecule has 2 aromatic carbocycles. The first-order valence-electron chi connectivity index (χ1n) is 7.31. The minimum absolute atomic E-state index is 0.193. The third-order valence-corrected chi connectivity index (χ3v) is 3.81. The van der Waals surface area contributed by atoms with Gasteiger partial charge in [0.25, 0.3) is 0 Å². The molecule has 0 aliphatic carbocycles. The SMILES string of the molecule is CCNC(Cc1cccc(C)c1)Cc1ccc(F)c(Cl)c1. The van der Waals surface area contributed by atoms with Crippen LogP contribution in [0.2, 0.25) is 5.02 Å². The second kappa shape index (κ2) is 7.58. The molecule has 0 spiro atoms. The van der Waals surface area contributed by atoms with Crippen LogP contribution in [0.25, 0.3) is 0 Å². The van der Waals surface area contributed by atoms with Gasteiger partial charge in [-0.2, -0.15) is 0 Å². The lowest BCUT2D eigenvalue weighted by molar-refractivity contribution is 0.520. The normalized spacial score (nSPS) is 12.4. The van der Waals surface area contributed by atoms with E-state index in [1.165, 1.54) is 17.2 Å². The van der Waals surface area contributed by atoms with Crippen LogP contribution >= 0.6 is 11.6 Å². The first-order valence-corrected chi connectivity index (χ1v) is 7.69. The Bertz CT molecular complexity index is 598. The van der Waals surface area contributed by atoms with Gasteiger partial charge in [0.15, 0.2) is 0 Å². The molecule has 0 saturated heterocycles. The lowest BCUT2D eigenvalue weighted by atomic mass is 9.98. The summed E-state index contributed by atoms with van der Waals surface area (Å²) in [5, 5.41) is 3.69. The molecule has 2 aromatic rings. The van der Waals surface area contributed by atoms with Gasteiger partial charge in [-0.25, -0.2) is 4.39 Å². The van der Waals surface area contributed by atoms with Crippen molar-refractivity contribution in [2.24, 2.45) is 0 Å². The molecular formula is C18H21ClFN. The second-order valence-corrected chi connectivity index (χ2v) is 5.81. The Labute approximate surface area is 131 Å². The topological polar surface area (TPSA) is 12.0 Å². The maximum atomic E-state index is 13.2. The molecule has 3 heteroatoms. The molecule has 1 unspecified atom stereocenters. The van der Waals surface area contributed by atoms with Crippen molar-refractivity contribution in [2.75, 3.05) is 6.54 Å². The van der Waals surface area contributed by atoms with Gasteiger partial charge in [0.2, 0.25) is 0 Å². The fourth-order valence-corrected chi connectivity index (χ4v) is 2.78. The van der Waals surface area contributed by atoms with Crippen molar-refractivity contribution >= 4 is 11.6 Å². The zero-order valence-corrected chi connectivity index (χ0v) is 13.3. The quantitative estimate of drug-likeness (QED) is 0.825. The summed E-state index contributed by atoms with van der Waals surface area (Å²) in [6.07, 6.45) is 1.78. The van der Waals surface area contributed by atoms with Crippen LogP contribution in [-0.4, -0.2) is 12.6 Å². The first-order chi connectivity index (χ1) is 10.1. The summed E-state index contributed by atoms with van der Waals surface area (Å²) in [5.41, 5.74) is 3.64. The van der Waals surface area contributed by atoms with E-state index in [-0.39, 0.29) is 10.8 Å². The number of aryl methyl sites for hydroxylation is 1. The van der Waals surface area contributed by atoms with Crippen LogP contribution in [0.3, 0.4) is 0 Å². The molecule has 0 saturated carbocycles. The number of nitrogens with one attached hydrogen (secondary N) is 1. The van der Waals surface area contributed by atoms with Crippen LogP contribution in [0.4, 0.5) is 4.39 Å². The van der Waals surface area contributed by atoms with Gasteiger partial charge in [0.1, 0.15) is 5.82 Å². The third kappa shape index (κ3) is 4.83. The first kappa shape index (κ1) is 16.0. The predicted octanol–water partition coefficient (Wildman–Crippen LogP) is 4.55. The van der Waals surface area contributed by atoms with Crippen molar-refractivity contribution in [3.05, 3.63) is 70.0 Å².